The molecule has 0 saturated carbocycles. The molecule has 1 aliphatic rings. The number of amides is 1. The van der Waals surface area contributed by atoms with Crippen molar-refractivity contribution >= 4 is 11.6 Å². The van der Waals surface area contributed by atoms with Crippen LogP contribution in [0, 0.1) is 24.0 Å². The molecule has 2 heterocycles. The van der Waals surface area contributed by atoms with E-state index in [1.165, 1.54) is 11.6 Å². The molecular weight excluding hydrogens is 422 g/mol. The molecular formula is C24H27N5O4. The fourth-order valence-electron chi connectivity index (χ4n) is 3.93. The summed E-state index contributed by atoms with van der Waals surface area (Å²) in [6.45, 7) is 7.30. The van der Waals surface area contributed by atoms with Gasteiger partial charge >= 0.3 is 0 Å². The maximum atomic E-state index is 12.8. The van der Waals surface area contributed by atoms with E-state index in [1.807, 2.05) is 31.2 Å². The van der Waals surface area contributed by atoms with Crippen molar-refractivity contribution in [3.05, 3.63) is 75.2 Å². The third-order valence-corrected chi connectivity index (χ3v) is 5.96. The molecule has 0 bridgehead atoms. The zero-order valence-corrected chi connectivity index (χ0v) is 18.9. The van der Waals surface area contributed by atoms with Crippen LogP contribution in [0.25, 0.3) is 11.4 Å². The Kier molecular flexibility index (Phi) is 6.79. The Bertz CT molecular complexity index is 1130. The zero-order chi connectivity index (χ0) is 23.4. The highest BCUT2D eigenvalue weighted by Crippen LogP contribution is 2.21. The van der Waals surface area contributed by atoms with E-state index in [0.717, 1.165) is 31.6 Å². The van der Waals surface area contributed by atoms with E-state index in [0.29, 0.717) is 42.4 Å². The molecule has 0 N–H and O–H groups in total. The summed E-state index contributed by atoms with van der Waals surface area (Å²) in [5.41, 5.74) is 3.01. The van der Waals surface area contributed by atoms with Gasteiger partial charge in [-0.15, -0.1) is 0 Å². The number of nitro benzene ring substituents is 1. The quantitative estimate of drug-likeness (QED) is 0.400. The van der Waals surface area contributed by atoms with Gasteiger partial charge in [0.1, 0.15) is 0 Å². The standard InChI is InChI=1S/C24H27N5O4/c1-17-5-8-19(9-6-17)23-25-22(33-26-23)4-3-11-27-12-14-28(15-13-27)24(30)20-10-7-18(2)21(16-20)29(31)32/h5-10,16H,3-4,11-15H2,1-2H3. The molecule has 1 aliphatic heterocycles. The van der Waals surface area contributed by atoms with Crippen molar-refractivity contribution in [1.82, 2.24) is 19.9 Å². The second-order valence-electron chi connectivity index (χ2n) is 8.37. The summed E-state index contributed by atoms with van der Waals surface area (Å²) in [5, 5.41) is 15.2. The first-order chi connectivity index (χ1) is 15.9. The first-order valence-electron chi connectivity index (χ1n) is 11.1. The molecule has 9 nitrogen and oxygen atoms in total. The lowest BCUT2D eigenvalue weighted by molar-refractivity contribution is -0.385. The molecule has 1 saturated heterocycles. The van der Waals surface area contributed by atoms with Crippen molar-refractivity contribution in [1.29, 1.82) is 0 Å². The third-order valence-electron chi connectivity index (χ3n) is 5.96. The van der Waals surface area contributed by atoms with Crippen molar-refractivity contribution in [3.63, 3.8) is 0 Å². The highest BCUT2D eigenvalue weighted by molar-refractivity contribution is 5.95. The summed E-state index contributed by atoms with van der Waals surface area (Å²) in [6, 6.07) is 12.7. The Morgan fingerprint density at radius 3 is 2.52 bits per heavy atom. The predicted octanol–water partition coefficient (Wildman–Crippen LogP) is 3.65. The van der Waals surface area contributed by atoms with Crippen molar-refractivity contribution in [2.75, 3.05) is 32.7 Å². The fraction of sp³-hybridized carbons (Fsp3) is 0.375. The average molecular weight is 450 g/mol. The topological polar surface area (TPSA) is 106 Å². The van der Waals surface area contributed by atoms with E-state index < -0.39 is 4.92 Å². The van der Waals surface area contributed by atoms with Crippen molar-refractivity contribution in [2.45, 2.75) is 26.7 Å². The van der Waals surface area contributed by atoms with E-state index in [-0.39, 0.29) is 11.6 Å². The molecule has 0 radical (unpaired) electrons. The summed E-state index contributed by atoms with van der Waals surface area (Å²) in [7, 11) is 0. The van der Waals surface area contributed by atoms with E-state index in [9.17, 15) is 14.9 Å². The Morgan fingerprint density at radius 2 is 1.82 bits per heavy atom. The van der Waals surface area contributed by atoms with Gasteiger partial charge in [0.25, 0.3) is 11.6 Å². The lowest BCUT2D eigenvalue weighted by Gasteiger charge is -2.34. The van der Waals surface area contributed by atoms with Crippen LogP contribution >= 0.6 is 0 Å². The number of piperazine rings is 1. The van der Waals surface area contributed by atoms with Crippen LogP contribution in [0.5, 0.6) is 0 Å². The van der Waals surface area contributed by atoms with E-state index >= 15 is 0 Å². The van der Waals surface area contributed by atoms with Crippen LogP contribution in [0.2, 0.25) is 0 Å². The number of benzene rings is 2. The number of nitrogens with zero attached hydrogens (tertiary/aromatic N) is 5. The first-order valence-corrected chi connectivity index (χ1v) is 11.1. The third kappa shape index (κ3) is 5.43. The van der Waals surface area contributed by atoms with Crippen LogP contribution in [0.3, 0.4) is 0 Å². The van der Waals surface area contributed by atoms with Crippen molar-refractivity contribution < 1.29 is 14.2 Å². The van der Waals surface area contributed by atoms with Crippen LogP contribution < -0.4 is 0 Å². The molecule has 0 spiro atoms. The number of nitro groups is 1. The molecule has 9 heteroatoms. The molecule has 4 rings (SSSR count). The minimum Gasteiger partial charge on any atom is -0.339 e. The number of hydrogen-bond acceptors (Lipinski definition) is 7. The Hall–Kier alpha value is -3.59. The van der Waals surface area contributed by atoms with Gasteiger partial charge in [0.15, 0.2) is 0 Å². The van der Waals surface area contributed by atoms with Crippen LogP contribution in [0.4, 0.5) is 5.69 Å². The number of hydrogen-bond donors (Lipinski definition) is 0. The van der Waals surface area contributed by atoms with Gasteiger partial charge in [0.05, 0.1) is 4.92 Å². The molecule has 33 heavy (non-hydrogen) atoms. The minimum absolute atomic E-state index is 0.0222. The number of carbonyl (C=O) groups excluding carboxylic acids is 1. The largest absolute Gasteiger partial charge is 0.339 e. The SMILES string of the molecule is Cc1ccc(-c2noc(CCCN3CCN(C(=O)c4ccc(C)c([N+](=O)[O-])c4)CC3)n2)cc1. The van der Waals surface area contributed by atoms with Gasteiger partial charge in [0, 0.05) is 55.4 Å². The molecule has 1 fully saturated rings. The zero-order valence-electron chi connectivity index (χ0n) is 18.9. The summed E-state index contributed by atoms with van der Waals surface area (Å²) < 4.78 is 5.39. The minimum atomic E-state index is -0.447. The smallest absolute Gasteiger partial charge is 0.273 e. The molecule has 172 valence electrons. The first kappa shape index (κ1) is 22.6. The molecule has 1 amide bonds. The second kappa shape index (κ2) is 9.91. The Balaban J connectivity index is 1.24. The van der Waals surface area contributed by atoms with E-state index in [4.69, 9.17) is 4.52 Å². The maximum absolute atomic E-state index is 12.8. The van der Waals surface area contributed by atoms with Gasteiger partial charge in [-0.25, -0.2) is 0 Å². The molecule has 0 aliphatic carbocycles. The van der Waals surface area contributed by atoms with Crippen LogP contribution in [-0.2, 0) is 6.42 Å². The molecule has 0 atom stereocenters. The molecule has 3 aromatic rings. The van der Waals surface area contributed by atoms with Gasteiger partial charge in [-0.1, -0.05) is 41.1 Å². The number of carbonyl (C=O) groups is 1. The van der Waals surface area contributed by atoms with Crippen molar-refractivity contribution in [3.8, 4) is 11.4 Å². The highest BCUT2D eigenvalue weighted by Gasteiger charge is 2.24. The second-order valence-corrected chi connectivity index (χ2v) is 8.37. The highest BCUT2D eigenvalue weighted by atomic mass is 16.6. The van der Waals surface area contributed by atoms with Gasteiger partial charge < -0.3 is 9.42 Å². The summed E-state index contributed by atoms with van der Waals surface area (Å²) >= 11 is 0. The summed E-state index contributed by atoms with van der Waals surface area (Å²) in [5.74, 6) is 1.07. The van der Waals surface area contributed by atoms with Gasteiger partial charge in [0.2, 0.25) is 11.7 Å². The van der Waals surface area contributed by atoms with Crippen LogP contribution in [-0.4, -0.2) is 63.5 Å². The van der Waals surface area contributed by atoms with Gasteiger partial charge in [-0.3, -0.25) is 19.8 Å². The lowest BCUT2D eigenvalue weighted by Crippen LogP contribution is -2.48. The molecule has 2 aromatic carbocycles. The summed E-state index contributed by atoms with van der Waals surface area (Å²) in [6.07, 6.45) is 1.58. The number of aromatic nitrogens is 2. The normalized spacial score (nSPS) is 14.4. The van der Waals surface area contributed by atoms with Crippen LogP contribution in [0.15, 0.2) is 47.0 Å². The Morgan fingerprint density at radius 1 is 1.09 bits per heavy atom. The van der Waals surface area contributed by atoms with E-state index in [2.05, 4.69) is 15.0 Å². The fourth-order valence-corrected chi connectivity index (χ4v) is 3.93. The maximum Gasteiger partial charge on any atom is 0.273 e. The van der Waals surface area contributed by atoms with Crippen molar-refractivity contribution in [2.24, 2.45) is 0 Å². The van der Waals surface area contributed by atoms with E-state index in [1.54, 1.807) is 24.0 Å². The number of rotatable bonds is 7. The van der Waals surface area contributed by atoms with Gasteiger partial charge in [-0.2, -0.15) is 4.98 Å². The van der Waals surface area contributed by atoms with Crippen LogP contribution in [0.1, 0.15) is 33.8 Å². The monoisotopic (exact) mass is 449 g/mol. The van der Waals surface area contributed by atoms with Gasteiger partial charge in [-0.05, 0) is 32.9 Å². The molecule has 1 aromatic heterocycles. The molecule has 0 unspecified atom stereocenters. The summed E-state index contributed by atoms with van der Waals surface area (Å²) in [4.78, 5) is 32.1. The Labute approximate surface area is 192 Å². The lowest BCUT2D eigenvalue weighted by atomic mass is 10.1. The predicted molar refractivity (Wildman–Crippen MR) is 123 cm³/mol. The number of aryl methyl sites for hydroxylation is 3. The average Bonchev–Trinajstić information content (AvgIpc) is 3.28.